The van der Waals surface area contributed by atoms with Crippen LogP contribution in [0.15, 0.2) is 16.7 Å². The molecule has 2 rings (SSSR count). The first-order valence-corrected chi connectivity index (χ1v) is 6.18. The van der Waals surface area contributed by atoms with E-state index in [0.29, 0.717) is 22.8 Å². The van der Waals surface area contributed by atoms with Crippen molar-refractivity contribution in [2.45, 2.75) is 18.9 Å². The van der Waals surface area contributed by atoms with Crippen molar-refractivity contribution in [3.63, 3.8) is 0 Å². The van der Waals surface area contributed by atoms with Crippen molar-refractivity contribution in [1.82, 2.24) is 4.98 Å². The van der Waals surface area contributed by atoms with Crippen LogP contribution in [0.5, 0.6) is 0 Å². The molecule has 17 heavy (non-hydrogen) atoms. The van der Waals surface area contributed by atoms with Crippen LogP contribution < -0.4 is 5.32 Å². The lowest BCUT2D eigenvalue weighted by Crippen LogP contribution is -2.22. The maximum absolute atomic E-state index is 11.0. The number of anilines is 1. The average Bonchev–Trinajstić information content (AvgIpc) is 3.10. The van der Waals surface area contributed by atoms with E-state index in [9.17, 15) is 9.90 Å². The van der Waals surface area contributed by atoms with E-state index in [1.54, 1.807) is 0 Å². The maximum atomic E-state index is 11.0. The number of nitrogens with one attached hydrogen (secondary N) is 1. The molecule has 1 saturated carbocycles. The minimum Gasteiger partial charge on any atom is -0.478 e. The van der Waals surface area contributed by atoms with Gasteiger partial charge in [0, 0.05) is 17.2 Å². The van der Waals surface area contributed by atoms with Gasteiger partial charge in [-0.3, -0.25) is 0 Å². The minimum atomic E-state index is -1.04. The van der Waals surface area contributed by atoms with Gasteiger partial charge in [-0.1, -0.05) is 0 Å². The fraction of sp³-hybridized carbons (Fsp3) is 0.455. The van der Waals surface area contributed by atoms with E-state index in [1.165, 1.54) is 12.3 Å². The molecule has 0 aliphatic heterocycles. The first-order valence-electron chi connectivity index (χ1n) is 5.38. The first kappa shape index (κ1) is 12.3. The summed E-state index contributed by atoms with van der Waals surface area (Å²) in [6, 6.07) is 1.49. The van der Waals surface area contributed by atoms with Gasteiger partial charge in [0.05, 0.1) is 6.10 Å². The Balaban J connectivity index is 2.06. The molecule has 1 fully saturated rings. The number of aromatic nitrogens is 1. The summed E-state index contributed by atoms with van der Waals surface area (Å²) in [7, 11) is 0. The summed E-state index contributed by atoms with van der Waals surface area (Å²) in [5.41, 5.74) is 0.0994. The van der Waals surface area contributed by atoms with Crippen LogP contribution in [-0.4, -0.2) is 33.8 Å². The Morgan fingerprint density at radius 3 is 2.94 bits per heavy atom. The third kappa shape index (κ3) is 3.17. The van der Waals surface area contributed by atoms with Crippen molar-refractivity contribution in [2.24, 2.45) is 5.92 Å². The van der Waals surface area contributed by atoms with Gasteiger partial charge in [-0.15, -0.1) is 0 Å². The van der Waals surface area contributed by atoms with Gasteiger partial charge in [-0.05, 0) is 40.8 Å². The lowest BCUT2D eigenvalue weighted by molar-refractivity contribution is 0.0697. The molecular weight excluding hydrogens is 288 g/mol. The van der Waals surface area contributed by atoms with Gasteiger partial charge < -0.3 is 15.5 Å². The molecule has 1 aliphatic rings. The zero-order valence-electron chi connectivity index (χ0n) is 9.06. The van der Waals surface area contributed by atoms with Crippen LogP contribution in [0.3, 0.4) is 0 Å². The molecule has 0 bridgehead atoms. The third-order valence-electron chi connectivity index (χ3n) is 2.73. The highest BCUT2D eigenvalue weighted by Crippen LogP contribution is 2.32. The van der Waals surface area contributed by atoms with Crippen molar-refractivity contribution < 1.29 is 15.0 Å². The van der Waals surface area contributed by atoms with Crippen LogP contribution in [-0.2, 0) is 0 Å². The van der Waals surface area contributed by atoms with Crippen molar-refractivity contribution in [3.8, 4) is 0 Å². The number of hydrogen-bond donors (Lipinski definition) is 3. The molecule has 0 saturated heterocycles. The van der Waals surface area contributed by atoms with Gasteiger partial charge in [0.2, 0.25) is 0 Å². The van der Waals surface area contributed by atoms with Crippen LogP contribution in [0.2, 0.25) is 0 Å². The minimum absolute atomic E-state index is 0.0994. The zero-order chi connectivity index (χ0) is 12.4. The van der Waals surface area contributed by atoms with Crippen LogP contribution in [0, 0.1) is 5.92 Å². The Kier molecular flexibility index (Phi) is 3.63. The number of aromatic carboxylic acids is 1. The van der Waals surface area contributed by atoms with E-state index >= 15 is 0 Å². The molecule has 6 heteroatoms. The van der Waals surface area contributed by atoms with Crippen LogP contribution in [0.4, 0.5) is 5.82 Å². The predicted octanol–water partition coefficient (Wildman–Crippen LogP) is 1.73. The highest BCUT2D eigenvalue weighted by Gasteiger charge is 2.29. The topological polar surface area (TPSA) is 82.5 Å². The van der Waals surface area contributed by atoms with Gasteiger partial charge in [0.15, 0.2) is 0 Å². The molecule has 1 atom stereocenters. The lowest BCUT2D eigenvalue weighted by Gasteiger charge is -2.12. The average molecular weight is 301 g/mol. The quantitative estimate of drug-likeness (QED) is 0.771. The zero-order valence-corrected chi connectivity index (χ0v) is 10.6. The van der Waals surface area contributed by atoms with Gasteiger partial charge in [0.1, 0.15) is 11.4 Å². The summed E-state index contributed by atoms with van der Waals surface area (Å²) in [5, 5.41) is 21.6. The van der Waals surface area contributed by atoms with E-state index in [0.717, 1.165) is 12.8 Å². The van der Waals surface area contributed by atoms with Gasteiger partial charge >= 0.3 is 5.97 Å². The second-order valence-electron chi connectivity index (χ2n) is 4.14. The summed E-state index contributed by atoms with van der Waals surface area (Å²) in [6.45, 7) is 0.333. The Morgan fingerprint density at radius 2 is 2.35 bits per heavy atom. The Morgan fingerprint density at radius 1 is 1.65 bits per heavy atom. The van der Waals surface area contributed by atoms with Gasteiger partial charge in [-0.2, -0.15) is 0 Å². The monoisotopic (exact) mass is 300 g/mol. The molecule has 3 N–H and O–H groups in total. The number of aliphatic hydroxyl groups is 1. The Hall–Kier alpha value is -1.14. The Labute approximate surface area is 107 Å². The number of nitrogens with zero attached hydrogens (tertiary/aromatic N) is 1. The molecule has 1 aromatic rings. The van der Waals surface area contributed by atoms with Crippen LogP contribution >= 0.6 is 15.9 Å². The molecule has 1 heterocycles. The van der Waals surface area contributed by atoms with E-state index in [1.807, 2.05) is 0 Å². The fourth-order valence-electron chi connectivity index (χ4n) is 1.59. The fourth-order valence-corrected chi connectivity index (χ4v) is 1.92. The predicted molar refractivity (Wildman–Crippen MR) is 66.1 cm³/mol. The highest BCUT2D eigenvalue weighted by atomic mass is 79.9. The second kappa shape index (κ2) is 5.01. The molecule has 1 aliphatic carbocycles. The number of carboxylic acids is 1. The highest BCUT2D eigenvalue weighted by molar-refractivity contribution is 9.10. The number of hydrogen-bond acceptors (Lipinski definition) is 4. The molecule has 1 unspecified atom stereocenters. The molecule has 0 spiro atoms. The maximum Gasteiger partial charge on any atom is 0.339 e. The molecule has 1 aromatic heterocycles. The smallest absolute Gasteiger partial charge is 0.339 e. The standard InChI is InChI=1S/C11H13BrN2O3/c12-7-3-8(11(16)17)10(13-4-7)14-5-9(15)6-1-2-6/h3-4,6,9,15H,1-2,5H2,(H,13,14)(H,16,17). The van der Waals surface area contributed by atoms with Crippen molar-refractivity contribution >= 4 is 27.7 Å². The summed E-state index contributed by atoms with van der Waals surface area (Å²) >= 11 is 3.17. The van der Waals surface area contributed by atoms with Crippen LogP contribution in [0.25, 0.3) is 0 Å². The number of aliphatic hydroxyl groups excluding tert-OH is 1. The number of pyridine rings is 1. The SMILES string of the molecule is O=C(O)c1cc(Br)cnc1NCC(O)C1CC1. The summed E-state index contributed by atoms with van der Waals surface area (Å²) in [6.07, 6.45) is 3.19. The van der Waals surface area contributed by atoms with Crippen molar-refractivity contribution in [2.75, 3.05) is 11.9 Å². The summed E-state index contributed by atoms with van der Waals surface area (Å²) in [4.78, 5) is 15.0. The van der Waals surface area contributed by atoms with Gasteiger partial charge in [-0.25, -0.2) is 9.78 Å². The van der Waals surface area contributed by atoms with E-state index in [2.05, 4.69) is 26.2 Å². The largest absolute Gasteiger partial charge is 0.478 e. The molecule has 0 radical (unpaired) electrons. The Bertz CT molecular complexity index is 435. The molecular formula is C11H13BrN2O3. The number of halogens is 1. The first-order chi connectivity index (χ1) is 8.08. The summed E-state index contributed by atoms with van der Waals surface area (Å²) < 4.78 is 0.614. The number of carbonyl (C=O) groups is 1. The van der Waals surface area contributed by atoms with Crippen LogP contribution in [0.1, 0.15) is 23.2 Å². The number of carboxylic acid groups (broad SMARTS) is 1. The lowest BCUT2D eigenvalue weighted by atomic mass is 10.2. The molecule has 92 valence electrons. The van der Waals surface area contributed by atoms with Crippen molar-refractivity contribution in [3.05, 3.63) is 22.3 Å². The third-order valence-corrected chi connectivity index (χ3v) is 3.16. The molecule has 5 nitrogen and oxygen atoms in total. The normalized spacial score (nSPS) is 16.6. The van der Waals surface area contributed by atoms with E-state index in [-0.39, 0.29) is 5.56 Å². The van der Waals surface area contributed by atoms with E-state index < -0.39 is 12.1 Å². The summed E-state index contributed by atoms with van der Waals surface area (Å²) in [5.74, 6) is -0.395. The van der Waals surface area contributed by atoms with Gasteiger partial charge in [0.25, 0.3) is 0 Å². The number of rotatable bonds is 5. The van der Waals surface area contributed by atoms with E-state index in [4.69, 9.17) is 5.11 Å². The van der Waals surface area contributed by atoms with Crippen molar-refractivity contribution in [1.29, 1.82) is 0 Å². The molecule has 0 aromatic carbocycles. The second-order valence-corrected chi connectivity index (χ2v) is 5.06. The molecule has 0 amide bonds.